The predicted octanol–water partition coefficient (Wildman–Crippen LogP) is 3.88. The van der Waals surface area contributed by atoms with E-state index in [0.717, 1.165) is 16.9 Å². The highest BCUT2D eigenvalue weighted by atomic mass is 16.5. The standard InChI is InChI=1S/C22H18N4O3/c27-21(15-26-24-22(23-25-26)18-9-3-1-4-10-18)28-16-17-8-7-13-20(14-17)29-19-11-5-2-6-12-19/h1-14H,15-16H2. The molecule has 0 atom stereocenters. The summed E-state index contributed by atoms with van der Waals surface area (Å²) in [5, 5.41) is 12.1. The average Bonchev–Trinajstić information content (AvgIpc) is 3.22. The Morgan fingerprint density at radius 2 is 1.59 bits per heavy atom. The second kappa shape index (κ2) is 8.79. The van der Waals surface area contributed by atoms with Crippen LogP contribution in [0.5, 0.6) is 11.5 Å². The van der Waals surface area contributed by atoms with Crippen molar-refractivity contribution in [2.45, 2.75) is 13.2 Å². The third-order valence-corrected chi connectivity index (χ3v) is 4.03. The second-order valence-corrected chi connectivity index (χ2v) is 6.23. The van der Waals surface area contributed by atoms with Crippen molar-refractivity contribution in [2.24, 2.45) is 0 Å². The van der Waals surface area contributed by atoms with Crippen molar-refractivity contribution in [3.05, 3.63) is 90.5 Å². The number of tetrazole rings is 1. The van der Waals surface area contributed by atoms with Gasteiger partial charge in [-0.05, 0) is 35.0 Å². The van der Waals surface area contributed by atoms with Gasteiger partial charge in [0.05, 0.1) is 0 Å². The normalized spacial score (nSPS) is 10.5. The van der Waals surface area contributed by atoms with E-state index in [1.807, 2.05) is 84.9 Å². The summed E-state index contributed by atoms with van der Waals surface area (Å²) >= 11 is 0. The zero-order valence-electron chi connectivity index (χ0n) is 15.5. The first-order valence-corrected chi connectivity index (χ1v) is 9.07. The third kappa shape index (κ3) is 5.04. The molecule has 0 unspecified atom stereocenters. The Kier molecular flexibility index (Phi) is 5.57. The first-order chi connectivity index (χ1) is 14.3. The molecule has 0 N–H and O–H groups in total. The van der Waals surface area contributed by atoms with Gasteiger partial charge in [-0.15, -0.1) is 10.2 Å². The van der Waals surface area contributed by atoms with Gasteiger partial charge >= 0.3 is 5.97 Å². The van der Waals surface area contributed by atoms with Crippen molar-refractivity contribution in [1.82, 2.24) is 20.2 Å². The van der Waals surface area contributed by atoms with Gasteiger partial charge in [-0.25, -0.2) is 4.79 Å². The van der Waals surface area contributed by atoms with Gasteiger partial charge in [-0.2, -0.15) is 4.80 Å². The van der Waals surface area contributed by atoms with Crippen LogP contribution in [0.15, 0.2) is 84.9 Å². The van der Waals surface area contributed by atoms with Crippen molar-refractivity contribution in [1.29, 1.82) is 0 Å². The van der Waals surface area contributed by atoms with Crippen LogP contribution < -0.4 is 4.74 Å². The van der Waals surface area contributed by atoms with Crippen molar-refractivity contribution in [3.8, 4) is 22.9 Å². The zero-order valence-corrected chi connectivity index (χ0v) is 15.5. The number of para-hydroxylation sites is 1. The Labute approximate surface area is 167 Å². The highest BCUT2D eigenvalue weighted by Crippen LogP contribution is 2.22. The fourth-order valence-corrected chi connectivity index (χ4v) is 2.66. The van der Waals surface area contributed by atoms with Crippen LogP contribution in [0.2, 0.25) is 0 Å². The van der Waals surface area contributed by atoms with Crippen molar-refractivity contribution < 1.29 is 14.3 Å². The van der Waals surface area contributed by atoms with Gasteiger partial charge in [0.15, 0.2) is 6.54 Å². The molecule has 0 aliphatic rings. The van der Waals surface area contributed by atoms with Crippen LogP contribution >= 0.6 is 0 Å². The van der Waals surface area contributed by atoms with Crippen LogP contribution in [0.4, 0.5) is 0 Å². The largest absolute Gasteiger partial charge is 0.459 e. The van der Waals surface area contributed by atoms with Crippen molar-refractivity contribution in [3.63, 3.8) is 0 Å². The summed E-state index contributed by atoms with van der Waals surface area (Å²) in [6.07, 6.45) is 0. The Balaban J connectivity index is 1.32. The number of carbonyl (C=O) groups excluding carboxylic acids is 1. The van der Waals surface area contributed by atoms with Crippen molar-refractivity contribution >= 4 is 5.97 Å². The summed E-state index contributed by atoms with van der Waals surface area (Å²) in [7, 11) is 0. The number of esters is 1. The molecule has 0 saturated carbocycles. The summed E-state index contributed by atoms with van der Waals surface area (Å²) in [6.45, 7) is 0.0190. The molecule has 1 aromatic heterocycles. The minimum absolute atomic E-state index is 0.111. The summed E-state index contributed by atoms with van der Waals surface area (Å²) in [6, 6.07) is 26.3. The van der Waals surface area contributed by atoms with E-state index in [-0.39, 0.29) is 13.2 Å². The number of carbonyl (C=O) groups is 1. The Bertz CT molecular complexity index is 1080. The van der Waals surface area contributed by atoms with E-state index in [0.29, 0.717) is 11.6 Å². The quantitative estimate of drug-likeness (QED) is 0.449. The molecule has 3 aromatic carbocycles. The van der Waals surface area contributed by atoms with E-state index in [4.69, 9.17) is 9.47 Å². The molecule has 0 aliphatic carbocycles. The fourth-order valence-electron chi connectivity index (χ4n) is 2.66. The van der Waals surface area contributed by atoms with Gasteiger partial charge in [0.2, 0.25) is 5.82 Å². The van der Waals surface area contributed by atoms with Gasteiger partial charge in [0.25, 0.3) is 0 Å². The van der Waals surface area contributed by atoms with Crippen LogP contribution in [0.1, 0.15) is 5.56 Å². The topological polar surface area (TPSA) is 79.1 Å². The molecule has 1 heterocycles. The number of ether oxygens (including phenoxy) is 2. The molecular weight excluding hydrogens is 368 g/mol. The van der Waals surface area contributed by atoms with E-state index in [2.05, 4.69) is 15.4 Å². The minimum atomic E-state index is -0.448. The minimum Gasteiger partial charge on any atom is -0.459 e. The lowest BCUT2D eigenvalue weighted by atomic mass is 10.2. The summed E-state index contributed by atoms with van der Waals surface area (Å²) in [4.78, 5) is 13.3. The van der Waals surface area contributed by atoms with Gasteiger partial charge < -0.3 is 9.47 Å². The molecular formula is C22H18N4O3. The van der Waals surface area contributed by atoms with Crippen LogP contribution in [0, 0.1) is 0 Å². The van der Waals surface area contributed by atoms with Crippen LogP contribution in [0.25, 0.3) is 11.4 Å². The average molecular weight is 386 g/mol. The Hall–Kier alpha value is -4.00. The highest BCUT2D eigenvalue weighted by Gasteiger charge is 2.10. The highest BCUT2D eigenvalue weighted by molar-refractivity contribution is 5.69. The monoisotopic (exact) mass is 386 g/mol. The SMILES string of the molecule is O=C(Cn1nnc(-c2ccccc2)n1)OCc1cccc(Oc2ccccc2)c1. The van der Waals surface area contributed by atoms with E-state index in [1.54, 1.807) is 0 Å². The molecule has 0 spiro atoms. The van der Waals surface area contributed by atoms with Gasteiger partial charge in [0, 0.05) is 5.56 Å². The van der Waals surface area contributed by atoms with Gasteiger partial charge in [-0.1, -0.05) is 60.7 Å². The molecule has 144 valence electrons. The second-order valence-electron chi connectivity index (χ2n) is 6.23. The fraction of sp³-hybridized carbons (Fsp3) is 0.0909. The lowest BCUT2D eigenvalue weighted by Crippen LogP contribution is -2.15. The number of aromatic nitrogens is 4. The first-order valence-electron chi connectivity index (χ1n) is 9.07. The molecule has 0 bridgehead atoms. The summed E-state index contributed by atoms with van der Waals surface area (Å²) in [5.41, 5.74) is 1.66. The van der Waals surface area contributed by atoms with E-state index in [1.165, 1.54) is 4.80 Å². The summed E-state index contributed by atoms with van der Waals surface area (Å²) < 4.78 is 11.1. The van der Waals surface area contributed by atoms with Gasteiger partial charge in [0.1, 0.15) is 18.1 Å². The number of hydrogen-bond donors (Lipinski definition) is 0. The third-order valence-electron chi connectivity index (χ3n) is 4.03. The van der Waals surface area contributed by atoms with Crippen LogP contribution in [-0.2, 0) is 22.7 Å². The molecule has 0 fully saturated rings. The Morgan fingerprint density at radius 3 is 2.38 bits per heavy atom. The maximum absolute atomic E-state index is 12.1. The molecule has 4 rings (SSSR count). The lowest BCUT2D eigenvalue weighted by molar-refractivity contribution is -0.146. The van der Waals surface area contributed by atoms with E-state index >= 15 is 0 Å². The molecule has 0 amide bonds. The number of rotatable bonds is 7. The van der Waals surface area contributed by atoms with Gasteiger partial charge in [-0.3, -0.25) is 0 Å². The number of nitrogens with zero attached hydrogens (tertiary/aromatic N) is 4. The lowest BCUT2D eigenvalue weighted by Gasteiger charge is -2.08. The summed E-state index contributed by atoms with van der Waals surface area (Å²) in [5.74, 6) is 1.43. The molecule has 0 aliphatic heterocycles. The smallest absolute Gasteiger partial charge is 0.330 e. The number of hydrogen-bond acceptors (Lipinski definition) is 6. The molecule has 0 radical (unpaired) electrons. The van der Waals surface area contributed by atoms with Crippen LogP contribution in [-0.4, -0.2) is 26.2 Å². The maximum Gasteiger partial charge on any atom is 0.330 e. The predicted molar refractivity (Wildman–Crippen MR) is 106 cm³/mol. The first kappa shape index (κ1) is 18.4. The van der Waals surface area contributed by atoms with Crippen molar-refractivity contribution in [2.75, 3.05) is 0 Å². The molecule has 29 heavy (non-hydrogen) atoms. The van der Waals surface area contributed by atoms with Crippen LogP contribution in [0.3, 0.4) is 0 Å². The maximum atomic E-state index is 12.1. The Morgan fingerprint density at radius 1 is 0.862 bits per heavy atom. The molecule has 4 aromatic rings. The van der Waals surface area contributed by atoms with E-state index < -0.39 is 5.97 Å². The molecule has 7 nitrogen and oxygen atoms in total. The van der Waals surface area contributed by atoms with E-state index in [9.17, 15) is 4.79 Å². The molecule has 7 heteroatoms. The zero-order chi connectivity index (χ0) is 19.9. The number of benzene rings is 3. The molecule has 0 saturated heterocycles.